The summed E-state index contributed by atoms with van der Waals surface area (Å²) in [5, 5.41) is 0. The summed E-state index contributed by atoms with van der Waals surface area (Å²) in [7, 11) is 0. The Morgan fingerprint density at radius 1 is 0.824 bits per heavy atom. The molecule has 0 aromatic heterocycles. The SMILES string of the molecule is Cc1cc(C(C)C)c(C(C)(C)C)c(C(C)C)c1. The predicted octanol–water partition coefficient (Wildman–Crippen LogP) is 5.54. The van der Waals surface area contributed by atoms with Crippen LogP contribution in [-0.4, -0.2) is 0 Å². The summed E-state index contributed by atoms with van der Waals surface area (Å²) in [5.41, 5.74) is 6.24. The number of benzene rings is 1. The monoisotopic (exact) mass is 232 g/mol. The second kappa shape index (κ2) is 4.84. The zero-order valence-corrected chi connectivity index (χ0v) is 12.8. The van der Waals surface area contributed by atoms with E-state index in [2.05, 4.69) is 67.5 Å². The van der Waals surface area contributed by atoms with Gasteiger partial charge in [0.25, 0.3) is 0 Å². The minimum Gasteiger partial charge on any atom is -0.0587 e. The standard InChI is InChI=1S/C17H28/c1-11(2)14-9-13(5)10-15(12(3)4)16(14)17(6,7)8/h9-12H,1-8H3. The van der Waals surface area contributed by atoms with Crippen LogP contribution >= 0.6 is 0 Å². The average molecular weight is 232 g/mol. The maximum Gasteiger partial charge on any atom is -0.0126 e. The van der Waals surface area contributed by atoms with Crippen LogP contribution in [0.5, 0.6) is 0 Å². The molecule has 1 rings (SSSR count). The summed E-state index contributed by atoms with van der Waals surface area (Å²) in [6.45, 7) is 18.4. The van der Waals surface area contributed by atoms with Gasteiger partial charge in [-0.1, -0.05) is 66.2 Å². The topological polar surface area (TPSA) is 0 Å². The Hall–Kier alpha value is -0.780. The first-order valence-electron chi connectivity index (χ1n) is 6.79. The molecule has 0 saturated carbocycles. The lowest BCUT2D eigenvalue weighted by Gasteiger charge is -2.30. The molecule has 0 heterocycles. The van der Waals surface area contributed by atoms with Gasteiger partial charge in [0, 0.05) is 0 Å². The van der Waals surface area contributed by atoms with Crippen molar-refractivity contribution in [1.29, 1.82) is 0 Å². The molecule has 0 unspecified atom stereocenters. The van der Waals surface area contributed by atoms with Crippen molar-refractivity contribution in [2.24, 2.45) is 0 Å². The highest BCUT2D eigenvalue weighted by Crippen LogP contribution is 2.37. The molecule has 1 aromatic carbocycles. The van der Waals surface area contributed by atoms with E-state index < -0.39 is 0 Å². The molecule has 0 bridgehead atoms. The van der Waals surface area contributed by atoms with E-state index in [0.29, 0.717) is 11.8 Å². The van der Waals surface area contributed by atoms with E-state index in [1.54, 1.807) is 5.56 Å². The van der Waals surface area contributed by atoms with Crippen molar-refractivity contribution in [1.82, 2.24) is 0 Å². The molecule has 0 N–H and O–H groups in total. The molecule has 0 aliphatic heterocycles. The van der Waals surface area contributed by atoms with Crippen molar-refractivity contribution in [2.45, 2.75) is 72.6 Å². The van der Waals surface area contributed by atoms with Gasteiger partial charge >= 0.3 is 0 Å². The van der Waals surface area contributed by atoms with E-state index in [1.807, 2.05) is 0 Å². The summed E-state index contributed by atoms with van der Waals surface area (Å²) >= 11 is 0. The van der Waals surface area contributed by atoms with Gasteiger partial charge in [-0.25, -0.2) is 0 Å². The molecule has 17 heavy (non-hydrogen) atoms. The van der Waals surface area contributed by atoms with E-state index in [4.69, 9.17) is 0 Å². The van der Waals surface area contributed by atoms with Crippen molar-refractivity contribution in [2.75, 3.05) is 0 Å². The van der Waals surface area contributed by atoms with Crippen molar-refractivity contribution in [3.05, 3.63) is 34.4 Å². The van der Waals surface area contributed by atoms with E-state index in [9.17, 15) is 0 Å². The van der Waals surface area contributed by atoms with Gasteiger partial charge in [0.2, 0.25) is 0 Å². The fraction of sp³-hybridized carbons (Fsp3) is 0.647. The van der Waals surface area contributed by atoms with Crippen LogP contribution in [0.1, 0.15) is 82.6 Å². The van der Waals surface area contributed by atoms with Crippen LogP contribution < -0.4 is 0 Å². The van der Waals surface area contributed by atoms with Crippen molar-refractivity contribution >= 4 is 0 Å². The van der Waals surface area contributed by atoms with Gasteiger partial charge in [0.15, 0.2) is 0 Å². The molecule has 0 atom stereocenters. The first-order chi connectivity index (χ1) is 7.64. The first-order valence-corrected chi connectivity index (χ1v) is 6.79. The van der Waals surface area contributed by atoms with E-state index in [-0.39, 0.29) is 5.41 Å². The number of rotatable bonds is 2. The van der Waals surface area contributed by atoms with Crippen molar-refractivity contribution in [3.8, 4) is 0 Å². The number of hydrogen-bond donors (Lipinski definition) is 0. The lowest BCUT2D eigenvalue weighted by molar-refractivity contribution is 0.563. The fourth-order valence-corrected chi connectivity index (χ4v) is 2.62. The maximum absolute atomic E-state index is 2.37. The maximum atomic E-state index is 2.37. The summed E-state index contributed by atoms with van der Waals surface area (Å²) in [6.07, 6.45) is 0. The molecule has 0 radical (unpaired) electrons. The highest BCUT2D eigenvalue weighted by atomic mass is 14.3. The normalized spacial score (nSPS) is 12.6. The third kappa shape index (κ3) is 3.12. The summed E-state index contributed by atoms with van der Waals surface area (Å²) < 4.78 is 0. The zero-order chi connectivity index (χ0) is 13.4. The molecule has 1 aromatic rings. The molecule has 0 aliphatic carbocycles. The molecule has 0 fully saturated rings. The first kappa shape index (κ1) is 14.3. The van der Waals surface area contributed by atoms with Gasteiger partial charge in [-0.3, -0.25) is 0 Å². The van der Waals surface area contributed by atoms with Gasteiger partial charge in [0.1, 0.15) is 0 Å². The molecule has 0 amide bonds. The van der Waals surface area contributed by atoms with Crippen molar-refractivity contribution < 1.29 is 0 Å². The van der Waals surface area contributed by atoms with Crippen LogP contribution in [0.25, 0.3) is 0 Å². The second-order valence-corrected chi connectivity index (χ2v) is 6.88. The van der Waals surface area contributed by atoms with Crippen LogP contribution in [0.15, 0.2) is 12.1 Å². The third-order valence-corrected chi connectivity index (χ3v) is 3.34. The quantitative estimate of drug-likeness (QED) is 0.628. The Morgan fingerprint density at radius 3 is 1.41 bits per heavy atom. The van der Waals surface area contributed by atoms with Gasteiger partial charge in [-0.15, -0.1) is 0 Å². The Morgan fingerprint density at radius 2 is 1.18 bits per heavy atom. The molecular formula is C17H28. The van der Waals surface area contributed by atoms with Gasteiger partial charge in [0.05, 0.1) is 0 Å². The predicted molar refractivity (Wildman–Crippen MR) is 78.1 cm³/mol. The summed E-state index contributed by atoms with van der Waals surface area (Å²) in [5.74, 6) is 1.20. The second-order valence-electron chi connectivity index (χ2n) is 6.88. The summed E-state index contributed by atoms with van der Waals surface area (Å²) in [4.78, 5) is 0. The molecule has 0 aliphatic rings. The van der Waals surface area contributed by atoms with E-state index in [1.165, 1.54) is 16.7 Å². The molecular weight excluding hydrogens is 204 g/mol. The lowest BCUT2D eigenvalue weighted by atomic mass is 9.75. The molecule has 0 heteroatoms. The Balaban J connectivity index is 3.60. The van der Waals surface area contributed by atoms with Crippen LogP contribution in [-0.2, 0) is 5.41 Å². The molecule has 0 saturated heterocycles. The number of hydrogen-bond acceptors (Lipinski definition) is 0. The Bertz CT molecular complexity index is 360. The van der Waals surface area contributed by atoms with E-state index >= 15 is 0 Å². The smallest absolute Gasteiger partial charge is 0.0126 e. The highest BCUT2D eigenvalue weighted by molar-refractivity contribution is 5.46. The lowest BCUT2D eigenvalue weighted by Crippen LogP contribution is -2.19. The third-order valence-electron chi connectivity index (χ3n) is 3.34. The highest BCUT2D eigenvalue weighted by Gasteiger charge is 2.24. The minimum atomic E-state index is 0.229. The van der Waals surface area contributed by atoms with Crippen molar-refractivity contribution in [3.63, 3.8) is 0 Å². The van der Waals surface area contributed by atoms with Gasteiger partial charge < -0.3 is 0 Å². The summed E-state index contributed by atoms with van der Waals surface area (Å²) in [6, 6.07) is 4.74. The van der Waals surface area contributed by atoms with Crippen LogP contribution in [0.4, 0.5) is 0 Å². The largest absolute Gasteiger partial charge is 0.0587 e. The minimum absolute atomic E-state index is 0.229. The number of aryl methyl sites for hydroxylation is 1. The molecule has 0 spiro atoms. The molecule has 96 valence electrons. The van der Waals surface area contributed by atoms with Crippen LogP contribution in [0, 0.1) is 6.92 Å². The zero-order valence-electron chi connectivity index (χ0n) is 12.8. The molecule has 0 nitrogen and oxygen atoms in total. The van der Waals surface area contributed by atoms with Crippen LogP contribution in [0.2, 0.25) is 0 Å². The van der Waals surface area contributed by atoms with Gasteiger partial charge in [-0.2, -0.15) is 0 Å². The van der Waals surface area contributed by atoms with E-state index in [0.717, 1.165) is 0 Å². The van der Waals surface area contributed by atoms with Gasteiger partial charge in [-0.05, 0) is 40.9 Å². The fourth-order valence-electron chi connectivity index (χ4n) is 2.62. The Kier molecular flexibility index (Phi) is 4.06. The average Bonchev–Trinajstić information content (AvgIpc) is 2.14. The Labute approximate surface area is 107 Å². The van der Waals surface area contributed by atoms with Crippen LogP contribution in [0.3, 0.4) is 0 Å².